The van der Waals surface area contributed by atoms with Crippen molar-refractivity contribution in [3.63, 3.8) is 0 Å². The third-order valence-electron chi connectivity index (χ3n) is 1.97. The first kappa shape index (κ1) is 12.5. The number of aryl methyl sites for hydroxylation is 1. The van der Waals surface area contributed by atoms with Gasteiger partial charge in [-0.1, -0.05) is 0 Å². The van der Waals surface area contributed by atoms with Gasteiger partial charge in [-0.2, -0.15) is 18.3 Å². The molecule has 0 spiro atoms. The van der Waals surface area contributed by atoms with Crippen molar-refractivity contribution in [1.29, 1.82) is 0 Å². The van der Waals surface area contributed by atoms with Crippen molar-refractivity contribution in [2.75, 3.05) is 0 Å². The number of carbonyl (C=O) groups is 1. The quantitative estimate of drug-likeness (QED) is 0.777. The van der Waals surface area contributed by atoms with Crippen LogP contribution in [0.25, 0.3) is 0 Å². The zero-order chi connectivity index (χ0) is 12.3. The number of halogens is 3. The van der Waals surface area contributed by atoms with Crippen molar-refractivity contribution in [1.82, 2.24) is 9.78 Å². The van der Waals surface area contributed by atoms with Gasteiger partial charge in [0.25, 0.3) is 0 Å². The van der Waals surface area contributed by atoms with Crippen LogP contribution in [0, 0.1) is 0 Å². The van der Waals surface area contributed by atoms with Crippen LogP contribution in [0.5, 0.6) is 0 Å². The SMILES string of the molecule is NC(=O)C(N)CCn1ccc(C(F)(F)F)n1. The van der Waals surface area contributed by atoms with E-state index >= 15 is 0 Å². The van der Waals surface area contributed by atoms with Gasteiger partial charge in [0.1, 0.15) is 0 Å². The molecule has 1 aromatic rings. The minimum Gasteiger partial charge on any atom is -0.368 e. The molecule has 0 aliphatic carbocycles. The van der Waals surface area contributed by atoms with E-state index in [-0.39, 0.29) is 13.0 Å². The Labute approximate surface area is 89.2 Å². The first-order valence-electron chi connectivity index (χ1n) is 4.46. The zero-order valence-corrected chi connectivity index (χ0v) is 8.24. The van der Waals surface area contributed by atoms with E-state index in [2.05, 4.69) is 5.10 Å². The van der Waals surface area contributed by atoms with Gasteiger partial charge in [-0.05, 0) is 12.5 Å². The number of hydrogen-bond acceptors (Lipinski definition) is 3. The van der Waals surface area contributed by atoms with E-state index in [1.54, 1.807) is 0 Å². The van der Waals surface area contributed by atoms with Gasteiger partial charge in [0, 0.05) is 12.7 Å². The lowest BCUT2D eigenvalue weighted by Gasteiger charge is -2.07. The van der Waals surface area contributed by atoms with Crippen LogP contribution in [0.15, 0.2) is 12.3 Å². The Morgan fingerprint density at radius 1 is 1.56 bits per heavy atom. The number of aromatic nitrogens is 2. The molecule has 8 heteroatoms. The summed E-state index contributed by atoms with van der Waals surface area (Å²) in [6, 6.07) is -0.0194. The fourth-order valence-electron chi connectivity index (χ4n) is 1.05. The number of primary amides is 1. The lowest BCUT2D eigenvalue weighted by molar-refractivity contribution is -0.141. The number of nitrogens with two attached hydrogens (primary N) is 2. The average Bonchev–Trinajstić information content (AvgIpc) is 2.61. The summed E-state index contributed by atoms with van der Waals surface area (Å²) in [7, 11) is 0. The Bertz CT molecular complexity index is 374. The van der Waals surface area contributed by atoms with Crippen LogP contribution in [0.2, 0.25) is 0 Å². The van der Waals surface area contributed by atoms with E-state index in [4.69, 9.17) is 11.5 Å². The molecule has 0 saturated carbocycles. The minimum atomic E-state index is -4.46. The summed E-state index contributed by atoms with van der Waals surface area (Å²) in [5.41, 5.74) is 9.25. The molecule has 1 heterocycles. The number of nitrogens with zero attached hydrogens (tertiary/aromatic N) is 2. The highest BCUT2D eigenvalue weighted by atomic mass is 19.4. The second kappa shape index (κ2) is 4.52. The number of rotatable bonds is 4. The summed E-state index contributed by atoms with van der Waals surface area (Å²) in [6.45, 7) is 0.111. The molecule has 0 aliphatic heterocycles. The van der Waals surface area contributed by atoms with E-state index < -0.39 is 23.8 Å². The lowest BCUT2D eigenvalue weighted by Crippen LogP contribution is -2.37. The van der Waals surface area contributed by atoms with Crippen molar-refractivity contribution < 1.29 is 18.0 Å². The zero-order valence-electron chi connectivity index (χ0n) is 8.24. The fourth-order valence-corrected chi connectivity index (χ4v) is 1.05. The Morgan fingerprint density at radius 2 is 2.19 bits per heavy atom. The van der Waals surface area contributed by atoms with Gasteiger partial charge < -0.3 is 11.5 Å². The van der Waals surface area contributed by atoms with Gasteiger partial charge in [0.2, 0.25) is 5.91 Å². The van der Waals surface area contributed by atoms with Crippen LogP contribution in [-0.2, 0) is 17.5 Å². The van der Waals surface area contributed by atoms with Crippen LogP contribution in [0.3, 0.4) is 0 Å². The number of carbonyl (C=O) groups excluding carboxylic acids is 1. The van der Waals surface area contributed by atoms with Gasteiger partial charge in [0.15, 0.2) is 5.69 Å². The van der Waals surface area contributed by atoms with E-state index in [1.807, 2.05) is 0 Å². The van der Waals surface area contributed by atoms with Crippen LogP contribution in [0.4, 0.5) is 13.2 Å². The second-order valence-electron chi connectivity index (χ2n) is 3.26. The average molecular weight is 236 g/mol. The number of alkyl halides is 3. The molecular weight excluding hydrogens is 225 g/mol. The van der Waals surface area contributed by atoms with E-state index in [1.165, 1.54) is 6.20 Å². The molecule has 90 valence electrons. The molecule has 0 aliphatic rings. The van der Waals surface area contributed by atoms with Gasteiger partial charge >= 0.3 is 6.18 Å². The molecule has 16 heavy (non-hydrogen) atoms. The Hall–Kier alpha value is -1.57. The normalized spacial score (nSPS) is 13.8. The molecule has 1 aromatic heterocycles. The first-order valence-corrected chi connectivity index (χ1v) is 4.46. The van der Waals surface area contributed by atoms with Crippen LogP contribution >= 0.6 is 0 Å². The molecule has 0 radical (unpaired) electrons. The van der Waals surface area contributed by atoms with Crippen molar-refractivity contribution in [3.05, 3.63) is 18.0 Å². The minimum absolute atomic E-state index is 0.111. The molecule has 4 N–H and O–H groups in total. The predicted molar refractivity (Wildman–Crippen MR) is 49.0 cm³/mol. The highest BCUT2D eigenvalue weighted by Gasteiger charge is 2.33. The summed E-state index contributed by atoms with van der Waals surface area (Å²) in [4.78, 5) is 10.6. The highest BCUT2D eigenvalue weighted by Crippen LogP contribution is 2.27. The molecule has 5 nitrogen and oxygen atoms in total. The number of hydrogen-bond donors (Lipinski definition) is 2. The molecule has 0 fully saturated rings. The van der Waals surface area contributed by atoms with Crippen LogP contribution in [-0.4, -0.2) is 21.7 Å². The smallest absolute Gasteiger partial charge is 0.368 e. The third-order valence-corrected chi connectivity index (χ3v) is 1.97. The lowest BCUT2D eigenvalue weighted by atomic mass is 10.2. The van der Waals surface area contributed by atoms with Gasteiger partial charge in [-0.15, -0.1) is 0 Å². The largest absolute Gasteiger partial charge is 0.435 e. The molecule has 0 bridgehead atoms. The first-order chi connectivity index (χ1) is 7.30. The summed E-state index contributed by atoms with van der Waals surface area (Å²) < 4.78 is 37.5. The summed E-state index contributed by atoms with van der Waals surface area (Å²) in [6.07, 6.45) is -3.14. The maximum absolute atomic E-state index is 12.2. The standard InChI is InChI=1S/C8H11F3N4O/c9-8(10,11)6-2-4-15(14-6)3-1-5(12)7(13)16/h2,4-5H,1,3,12H2,(H2,13,16). The van der Waals surface area contributed by atoms with Crippen molar-refractivity contribution in [2.24, 2.45) is 11.5 Å². The monoisotopic (exact) mass is 236 g/mol. The molecule has 1 atom stereocenters. The molecule has 1 amide bonds. The summed E-state index contributed by atoms with van der Waals surface area (Å²) in [5, 5.41) is 3.30. The Balaban J connectivity index is 2.57. The Kier molecular flexibility index (Phi) is 3.53. The van der Waals surface area contributed by atoms with E-state index in [0.717, 1.165) is 10.7 Å². The van der Waals surface area contributed by atoms with Crippen molar-refractivity contribution in [3.8, 4) is 0 Å². The van der Waals surface area contributed by atoms with Gasteiger partial charge in [0.05, 0.1) is 6.04 Å². The van der Waals surface area contributed by atoms with E-state index in [0.29, 0.717) is 0 Å². The van der Waals surface area contributed by atoms with Crippen LogP contribution in [0.1, 0.15) is 12.1 Å². The number of amides is 1. The topological polar surface area (TPSA) is 86.9 Å². The summed E-state index contributed by atoms with van der Waals surface area (Å²) in [5.74, 6) is -0.691. The molecular formula is C8H11F3N4O. The van der Waals surface area contributed by atoms with Gasteiger partial charge in [-0.25, -0.2) is 0 Å². The maximum atomic E-state index is 12.2. The van der Waals surface area contributed by atoms with Crippen molar-refractivity contribution in [2.45, 2.75) is 25.2 Å². The maximum Gasteiger partial charge on any atom is 0.435 e. The van der Waals surface area contributed by atoms with Gasteiger partial charge in [-0.3, -0.25) is 9.48 Å². The van der Waals surface area contributed by atoms with E-state index in [9.17, 15) is 18.0 Å². The highest BCUT2D eigenvalue weighted by molar-refractivity contribution is 5.79. The molecule has 0 aromatic carbocycles. The fraction of sp³-hybridized carbons (Fsp3) is 0.500. The van der Waals surface area contributed by atoms with Crippen molar-refractivity contribution >= 4 is 5.91 Å². The summed E-state index contributed by atoms with van der Waals surface area (Å²) >= 11 is 0. The molecule has 0 saturated heterocycles. The second-order valence-corrected chi connectivity index (χ2v) is 3.26. The Morgan fingerprint density at radius 3 is 2.62 bits per heavy atom. The molecule has 1 rings (SSSR count). The van der Waals surface area contributed by atoms with Crippen LogP contribution < -0.4 is 11.5 Å². The third kappa shape index (κ3) is 3.23. The predicted octanol–water partition coefficient (Wildman–Crippen LogP) is 0.105. The molecule has 1 unspecified atom stereocenters.